The molecule has 120 valence electrons. The second-order valence-corrected chi connectivity index (χ2v) is 6.46. The molecular weight excluding hydrogens is 350 g/mol. The number of likely N-dealkylation sites (tertiary alicyclic amines) is 1. The van der Waals surface area contributed by atoms with Gasteiger partial charge in [-0.25, -0.2) is 0 Å². The molecule has 0 radical (unpaired) electrons. The third-order valence-electron chi connectivity index (χ3n) is 4.09. The molecule has 0 unspecified atom stereocenters. The van der Waals surface area contributed by atoms with Crippen LogP contribution in [0.1, 0.15) is 29.6 Å². The Morgan fingerprint density at radius 2 is 2.14 bits per heavy atom. The van der Waals surface area contributed by atoms with Crippen molar-refractivity contribution in [2.24, 2.45) is 5.92 Å². The lowest BCUT2D eigenvalue weighted by molar-refractivity contribution is -0.385. The maximum atomic E-state index is 12.6. The number of halogens is 1. The van der Waals surface area contributed by atoms with E-state index in [1.165, 1.54) is 12.1 Å². The SMILES string of the molecule is CNCCC1CCN(C(=O)c2ccc(Br)cc2[N+](=O)[O-])CC1. The average molecular weight is 370 g/mol. The number of carbonyl (C=O) groups excluding carboxylic acids is 1. The Kier molecular flexibility index (Phi) is 5.90. The van der Waals surface area contributed by atoms with Crippen LogP contribution in [0.3, 0.4) is 0 Å². The van der Waals surface area contributed by atoms with Gasteiger partial charge in [0.05, 0.1) is 4.92 Å². The summed E-state index contributed by atoms with van der Waals surface area (Å²) in [6.07, 6.45) is 3.02. The maximum Gasteiger partial charge on any atom is 0.283 e. The zero-order valence-corrected chi connectivity index (χ0v) is 14.1. The maximum absolute atomic E-state index is 12.6. The van der Waals surface area contributed by atoms with Crippen molar-refractivity contribution in [1.29, 1.82) is 0 Å². The van der Waals surface area contributed by atoms with Crippen LogP contribution in [0.4, 0.5) is 5.69 Å². The van der Waals surface area contributed by atoms with Crippen LogP contribution in [0.25, 0.3) is 0 Å². The first-order valence-electron chi connectivity index (χ1n) is 7.40. The fraction of sp³-hybridized carbons (Fsp3) is 0.533. The van der Waals surface area contributed by atoms with Crippen LogP contribution in [0.5, 0.6) is 0 Å². The van der Waals surface area contributed by atoms with Crippen molar-refractivity contribution in [2.75, 3.05) is 26.7 Å². The topological polar surface area (TPSA) is 75.5 Å². The summed E-state index contributed by atoms with van der Waals surface area (Å²) >= 11 is 3.21. The van der Waals surface area contributed by atoms with Crippen LogP contribution in [0, 0.1) is 16.0 Å². The minimum Gasteiger partial charge on any atom is -0.338 e. The minimum absolute atomic E-state index is 0.142. The van der Waals surface area contributed by atoms with E-state index in [1.807, 2.05) is 7.05 Å². The van der Waals surface area contributed by atoms with Gasteiger partial charge in [-0.2, -0.15) is 0 Å². The fourth-order valence-corrected chi connectivity index (χ4v) is 3.13. The predicted octanol–water partition coefficient (Wildman–Crippen LogP) is 2.82. The van der Waals surface area contributed by atoms with Gasteiger partial charge < -0.3 is 10.2 Å². The molecule has 22 heavy (non-hydrogen) atoms. The van der Waals surface area contributed by atoms with E-state index >= 15 is 0 Å². The molecule has 1 aromatic rings. The molecule has 1 aliphatic rings. The van der Waals surface area contributed by atoms with Crippen molar-refractivity contribution in [3.63, 3.8) is 0 Å². The molecule has 0 saturated carbocycles. The molecule has 1 fully saturated rings. The highest BCUT2D eigenvalue weighted by Crippen LogP contribution is 2.27. The molecule has 6 nitrogen and oxygen atoms in total. The van der Waals surface area contributed by atoms with Gasteiger partial charge in [-0.3, -0.25) is 14.9 Å². The van der Waals surface area contributed by atoms with Crippen molar-refractivity contribution in [3.05, 3.63) is 38.3 Å². The predicted molar refractivity (Wildman–Crippen MR) is 88.0 cm³/mol. The zero-order valence-electron chi connectivity index (χ0n) is 12.5. The lowest BCUT2D eigenvalue weighted by atomic mass is 9.93. The van der Waals surface area contributed by atoms with Gasteiger partial charge in [0.2, 0.25) is 0 Å². The first-order chi connectivity index (χ1) is 10.5. The van der Waals surface area contributed by atoms with Crippen LogP contribution in [-0.2, 0) is 0 Å². The molecule has 1 aliphatic heterocycles. The summed E-state index contributed by atoms with van der Waals surface area (Å²) in [7, 11) is 1.94. The Hall–Kier alpha value is -1.47. The van der Waals surface area contributed by atoms with Crippen molar-refractivity contribution < 1.29 is 9.72 Å². The Bertz CT molecular complexity index is 557. The number of piperidine rings is 1. The van der Waals surface area contributed by atoms with E-state index < -0.39 is 4.92 Å². The van der Waals surface area contributed by atoms with Gasteiger partial charge in [0.1, 0.15) is 5.56 Å². The lowest BCUT2D eigenvalue weighted by Gasteiger charge is -2.32. The smallest absolute Gasteiger partial charge is 0.283 e. The molecule has 2 rings (SSSR count). The molecule has 0 aromatic heterocycles. The summed E-state index contributed by atoms with van der Waals surface area (Å²) in [5, 5.41) is 14.3. The number of hydrogen-bond acceptors (Lipinski definition) is 4. The second-order valence-electron chi connectivity index (χ2n) is 5.55. The van der Waals surface area contributed by atoms with Gasteiger partial charge in [0.15, 0.2) is 0 Å². The summed E-state index contributed by atoms with van der Waals surface area (Å²) in [5.41, 5.74) is 0.0264. The van der Waals surface area contributed by atoms with E-state index in [0.29, 0.717) is 23.5 Å². The Labute approximate surface area is 138 Å². The van der Waals surface area contributed by atoms with E-state index in [4.69, 9.17) is 0 Å². The number of hydrogen-bond donors (Lipinski definition) is 1. The van der Waals surface area contributed by atoms with E-state index in [0.717, 1.165) is 25.8 Å². The Morgan fingerprint density at radius 1 is 1.45 bits per heavy atom. The first-order valence-corrected chi connectivity index (χ1v) is 8.20. The highest BCUT2D eigenvalue weighted by Gasteiger charge is 2.28. The highest BCUT2D eigenvalue weighted by atomic mass is 79.9. The molecule has 0 spiro atoms. The standard InChI is InChI=1S/C15H20BrN3O3/c1-17-7-4-11-5-8-18(9-6-11)15(20)13-3-2-12(16)10-14(13)19(21)22/h2-3,10-11,17H,4-9H2,1H3. The van der Waals surface area contributed by atoms with Gasteiger partial charge in [0, 0.05) is 23.6 Å². The number of nitrogens with one attached hydrogen (secondary N) is 1. The van der Waals surface area contributed by atoms with E-state index in [-0.39, 0.29) is 17.2 Å². The molecule has 1 aromatic carbocycles. The lowest BCUT2D eigenvalue weighted by Crippen LogP contribution is -2.39. The number of nitrogens with zero attached hydrogens (tertiary/aromatic N) is 2. The monoisotopic (exact) mass is 369 g/mol. The normalized spacial score (nSPS) is 15.8. The number of benzene rings is 1. The minimum atomic E-state index is -0.502. The number of nitro groups is 1. The molecule has 1 saturated heterocycles. The van der Waals surface area contributed by atoms with Gasteiger partial charge in [-0.1, -0.05) is 15.9 Å². The molecule has 1 N–H and O–H groups in total. The first kappa shape index (κ1) is 16.9. The highest BCUT2D eigenvalue weighted by molar-refractivity contribution is 9.10. The summed E-state index contributed by atoms with van der Waals surface area (Å²) in [6.45, 7) is 2.32. The van der Waals surface area contributed by atoms with Gasteiger partial charge in [0.25, 0.3) is 11.6 Å². The molecule has 0 aliphatic carbocycles. The Morgan fingerprint density at radius 3 is 2.73 bits per heavy atom. The van der Waals surface area contributed by atoms with Gasteiger partial charge in [-0.05, 0) is 50.9 Å². The molecule has 7 heteroatoms. The number of rotatable bonds is 5. The zero-order chi connectivity index (χ0) is 16.1. The third kappa shape index (κ3) is 4.04. The number of carbonyl (C=O) groups is 1. The van der Waals surface area contributed by atoms with Crippen LogP contribution in [0.15, 0.2) is 22.7 Å². The summed E-state index contributed by atoms with van der Waals surface area (Å²) in [4.78, 5) is 24.9. The van der Waals surface area contributed by atoms with Crippen molar-refractivity contribution in [1.82, 2.24) is 10.2 Å². The number of nitro benzene ring substituents is 1. The van der Waals surface area contributed by atoms with Gasteiger partial charge >= 0.3 is 0 Å². The van der Waals surface area contributed by atoms with Crippen molar-refractivity contribution >= 4 is 27.5 Å². The Balaban J connectivity index is 2.06. The molecule has 0 atom stereocenters. The second kappa shape index (κ2) is 7.69. The summed E-state index contributed by atoms with van der Waals surface area (Å²) < 4.78 is 0.599. The van der Waals surface area contributed by atoms with Crippen LogP contribution >= 0.6 is 15.9 Å². The largest absolute Gasteiger partial charge is 0.338 e. The van der Waals surface area contributed by atoms with Crippen LogP contribution in [-0.4, -0.2) is 42.4 Å². The molecule has 1 amide bonds. The molecular formula is C15H20BrN3O3. The van der Waals surface area contributed by atoms with Crippen LogP contribution in [0.2, 0.25) is 0 Å². The quantitative estimate of drug-likeness (QED) is 0.639. The van der Waals surface area contributed by atoms with E-state index in [9.17, 15) is 14.9 Å². The average Bonchev–Trinajstić information content (AvgIpc) is 2.52. The van der Waals surface area contributed by atoms with Crippen LogP contribution < -0.4 is 5.32 Å². The molecule has 0 bridgehead atoms. The van der Waals surface area contributed by atoms with Crippen molar-refractivity contribution in [2.45, 2.75) is 19.3 Å². The van der Waals surface area contributed by atoms with Gasteiger partial charge in [-0.15, -0.1) is 0 Å². The number of amides is 1. The summed E-state index contributed by atoms with van der Waals surface area (Å²) in [6, 6.07) is 4.57. The molecule has 1 heterocycles. The summed E-state index contributed by atoms with van der Waals surface area (Å²) in [5.74, 6) is 0.377. The fourth-order valence-electron chi connectivity index (χ4n) is 2.78. The van der Waals surface area contributed by atoms with E-state index in [2.05, 4.69) is 21.2 Å². The van der Waals surface area contributed by atoms with Crippen molar-refractivity contribution in [3.8, 4) is 0 Å². The van der Waals surface area contributed by atoms with E-state index in [1.54, 1.807) is 11.0 Å². The third-order valence-corrected chi connectivity index (χ3v) is 4.58.